The van der Waals surface area contributed by atoms with E-state index in [-0.39, 0.29) is 5.92 Å². The van der Waals surface area contributed by atoms with Gasteiger partial charge in [0.25, 0.3) is 0 Å². The number of amides is 1. The molecule has 104 valence electrons. The summed E-state index contributed by atoms with van der Waals surface area (Å²) in [5.41, 5.74) is 0.443. The van der Waals surface area contributed by atoms with E-state index in [4.69, 9.17) is 4.74 Å². The van der Waals surface area contributed by atoms with Crippen LogP contribution in [0.1, 0.15) is 52.4 Å². The third-order valence-corrected chi connectivity index (χ3v) is 4.87. The SMILES string of the molecule is CC[C@@]1(C)CCCN(C(=O)[C@@H]2CCCOC2)CC1. The second-order valence-corrected chi connectivity index (χ2v) is 6.26. The Labute approximate surface area is 111 Å². The topological polar surface area (TPSA) is 29.5 Å². The number of hydrogen-bond donors (Lipinski definition) is 0. The molecule has 2 atom stereocenters. The van der Waals surface area contributed by atoms with Crippen molar-refractivity contribution >= 4 is 5.91 Å². The van der Waals surface area contributed by atoms with E-state index in [2.05, 4.69) is 18.7 Å². The molecule has 2 aliphatic rings. The summed E-state index contributed by atoms with van der Waals surface area (Å²) in [5, 5.41) is 0. The molecule has 0 radical (unpaired) electrons. The molecule has 2 aliphatic heterocycles. The Morgan fingerprint density at radius 1 is 1.33 bits per heavy atom. The van der Waals surface area contributed by atoms with Gasteiger partial charge in [0.15, 0.2) is 0 Å². The van der Waals surface area contributed by atoms with Crippen LogP contribution in [0.5, 0.6) is 0 Å². The normalized spacial score (nSPS) is 34.1. The molecule has 2 rings (SSSR count). The summed E-state index contributed by atoms with van der Waals surface area (Å²) in [6, 6.07) is 0. The molecule has 0 aromatic rings. The van der Waals surface area contributed by atoms with Crippen LogP contribution in [-0.2, 0) is 9.53 Å². The minimum atomic E-state index is 0.129. The summed E-state index contributed by atoms with van der Waals surface area (Å²) in [7, 11) is 0. The summed E-state index contributed by atoms with van der Waals surface area (Å²) in [5.74, 6) is 0.472. The van der Waals surface area contributed by atoms with Crippen molar-refractivity contribution in [1.29, 1.82) is 0 Å². The highest BCUT2D eigenvalue weighted by atomic mass is 16.5. The number of hydrogen-bond acceptors (Lipinski definition) is 2. The van der Waals surface area contributed by atoms with Crippen molar-refractivity contribution in [3.05, 3.63) is 0 Å². The molecule has 0 unspecified atom stereocenters. The summed E-state index contributed by atoms with van der Waals surface area (Å²) in [6.45, 7) is 8.00. The summed E-state index contributed by atoms with van der Waals surface area (Å²) in [6.07, 6.45) is 6.85. The molecule has 0 N–H and O–H groups in total. The van der Waals surface area contributed by atoms with Crippen molar-refractivity contribution in [2.24, 2.45) is 11.3 Å². The number of carbonyl (C=O) groups is 1. The smallest absolute Gasteiger partial charge is 0.228 e. The molecule has 2 saturated heterocycles. The average molecular weight is 253 g/mol. The van der Waals surface area contributed by atoms with Crippen LogP contribution < -0.4 is 0 Å². The van der Waals surface area contributed by atoms with Gasteiger partial charge in [-0.15, -0.1) is 0 Å². The van der Waals surface area contributed by atoms with Gasteiger partial charge in [-0.3, -0.25) is 4.79 Å². The van der Waals surface area contributed by atoms with Gasteiger partial charge in [-0.25, -0.2) is 0 Å². The fourth-order valence-corrected chi connectivity index (χ4v) is 3.11. The summed E-state index contributed by atoms with van der Waals surface area (Å²) in [4.78, 5) is 14.5. The standard InChI is InChI=1S/C15H27NO2/c1-3-15(2)7-5-9-16(10-8-15)14(17)13-6-4-11-18-12-13/h13H,3-12H2,1-2H3/t13-,15+/m1/s1. The van der Waals surface area contributed by atoms with Crippen LogP contribution in [0.2, 0.25) is 0 Å². The molecule has 18 heavy (non-hydrogen) atoms. The van der Waals surface area contributed by atoms with Gasteiger partial charge in [-0.1, -0.05) is 20.3 Å². The van der Waals surface area contributed by atoms with Crippen molar-refractivity contribution in [3.8, 4) is 0 Å². The zero-order chi connectivity index (χ0) is 13.0. The molecule has 3 nitrogen and oxygen atoms in total. The lowest BCUT2D eigenvalue weighted by atomic mass is 9.80. The van der Waals surface area contributed by atoms with Crippen LogP contribution in [0.3, 0.4) is 0 Å². The molecule has 0 aromatic heterocycles. The van der Waals surface area contributed by atoms with Gasteiger partial charge in [0.1, 0.15) is 0 Å². The zero-order valence-electron chi connectivity index (χ0n) is 11.9. The minimum absolute atomic E-state index is 0.129. The first-order chi connectivity index (χ1) is 8.64. The molecule has 3 heteroatoms. The largest absolute Gasteiger partial charge is 0.381 e. The maximum atomic E-state index is 12.5. The lowest BCUT2D eigenvalue weighted by Crippen LogP contribution is -2.40. The minimum Gasteiger partial charge on any atom is -0.381 e. The number of nitrogens with zero attached hydrogens (tertiary/aromatic N) is 1. The monoisotopic (exact) mass is 253 g/mol. The van der Waals surface area contributed by atoms with Gasteiger partial charge in [-0.05, 0) is 37.5 Å². The Morgan fingerprint density at radius 3 is 2.83 bits per heavy atom. The van der Waals surface area contributed by atoms with E-state index in [1.54, 1.807) is 0 Å². The highest BCUT2D eigenvalue weighted by molar-refractivity contribution is 5.79. The highest BCUT2D eigenvalue weighted by Crippen LogP contribution is 2.34. The second kappa shape index (κ2) is 6.05. The van der Waals surface area contributed by atoms with Gasteiger partial charge < -0.3 is 9.64 Å². The summed E-state index contributed by atoms with van der Waals surface area (Å²) < 4.78 is 5.44. The predicted octanol–water partition coefficient (Wildman–Crippen LogP) is 2.84. The molecule has 1 amide bonds. The molecular formula is C15H27NO2. The Kier molecular flexibility index (Phi) is 4.66. The van der Waals surface area contributed by atoms with E-state index < -0.39 is 0 Å². The molecule has 0 bridgehead atoms. The Bertz CT molecular complexity index is 286. The van der Waals surface area contributed by atoms with Crippen LogP contribution in [-0.4, -0.2) is 37.1 Å². The van der Waals surface area contributed by atoms with E-state index in [1.807, 2.05) is 0 Å². The highest BCUT2D eigenvalue weighted by Gasteiger charge is 2.31. The second-order valence-electron chi connectivity index (χ2n) is 6.26. The van der Waals surface area contributed by atoms with Crippen molar-refractivity contribution in [2.45, 2.75) is 52.4 Å². The first-order valence-electron chi connectivity index (χ1n) is 7.51. The van der Waals surface area contributed by atoms with Gasteiger partial charge in [-0.2, -0.15) is 0 Å². The van der Waals surface area contributed by atoms with Crippen LogP contribution in [0.15, 0.2) is 0 Å². The maximum Gasteiger partial charge on any atom is 0.228 e. The molecular weight excluding hydrogens is 226 g/mol. The van der Waals surface area contributed by atoms with Gasteiger partial charge >= 0.3 is 0 Å². The van der Waals surface area contributed by atoms with Crippen LogP contribution in [0.25, 0.3) is 0 Å². The number of ether oxygens (including phenoxy) is 1. The number of carbonyl (C=O) groups excluding carboxylic acids is 1. The van der Waals surface area contributed by atoms with Crippen LogP contribution >= 0.6 is 0 Å². The molecule has 2 heterocycles. The molecule has 0 saturated carbocycles. The first-order valence-corrected chi connectivity index (χ1v) is 7.51. The summed E-state index contributed by atoms with van der Waals surface area (Å²) >= 11 is 0. The van der Waals surface area contributed by atoms with Crippen molar-refractivity contribution < 1.29 is 9.53 Å². The van der Waals surface area contributed by atoms with Crippen molar-refractivity contribution in [1.82, 2.24) is 4.90 Å². The van der Waals surface area contributed by atoms with Gasteiger partial charge in [0, 0.05) is 19.7 Å². The Hall–Kier alpha value is -0.570. The fourth-order valence-electron chi connectivity index (χ4n) is 3.11. The average Bonchev–Trinajstić information content (AvgIpc) is 2.62. The van der Waals surface area contributed by atoms with Crippen molar-refractivity contribution in [2.75, 3.05) is 26.3 Å². The molecule has 2 fully saturated rings. The van der Waals surface area contributed by atoms with Crippen LogP contribution in [0.4, 0.5) is 0 Å². The first kappa shape index (κ1) is 13.9. The number of likely N-dealkylation sites (tertiary alicyclic amines) is 1. The van der Waals surface area contributed by atoms with Gasteiger partial charge in [0.05, 0.1) is 12.5 Å². The Morgan fingerprint density at radius 2 is 2.17 bits per heavy atom. The fraction of sp³-hybridized carbons (Fsp3) is 0.933. The lowest BCUT2D eigenvalue weighted by molar-refractivity contribution is -0.139. The van der Waals surface area contributed by atoms with E-state index >= 15 is 0 Å². The van der Waals surface area contributed by atoms with E-state index in [0.717, 1.165) is 45.4 Å². The van der Waals surface area contributed by atoms with E-state index in [9.17, 15) is 4.79 Å². The lowest BCUT2D eigenvalue weighted by Gasteiger charge is -2.29. The maximum absolute atomic E-state index is 12.5. The third-order valence-electron chi connectivity index (χ3n) is 4.87. The number of rotatable bonds is 2. The van der Waals surface area contributed by atoms with E-state index in [1.165, 1.54) is 12.8 Å². The molecule has 0 aromatic carbocycles. The van der Waals surface area contributed by atoms with Crippen molar-refractivity contribution in [3.63, 3.8) is 0 Å². The Balaban J connectivity index is 1.90. The predicted molar refractivity (Wildman–Crippen MR) is 72.4 cm³/mol. The molecule has 0 aliphatic carbocycles. The zero-order valence-corrected chi connectivity index (χ0v) is 11.9. The van der Waals surface area contributed by atoms with Crippen LogP contribution in [0, 0.1) is 11.3 Å². The quantitative estimate of drug-likeness (QED) is 0.757. The third kappa shape index (κ3) is 3.25. The van der Waals surface area contributed by atoms with E-state index in [0.29, 0.717) is 17.9 Å². The van der Waals surface area contributed by atoms with Gasteiger partial charge in [0.2, 0.25) is 5.91 Å². The molecule has 0 spiro atoms.